The van der Waals surface area contributed by atoms with Crippen molar-refractivity contribution in [2.45, 2.75) is 20.0 Å². The quantitative estimate of drug-likeness (QED) is 0.859. The zero-order valence-electron chi connectivity index (χ0n) is 9.64. The summed E-state index contributed by atoms with van der Waals surface area (Å²) in [6.45, 7) is 2.86. The summed E-state index contributed by atoms with van der Waals surface area (Å²) >= 11 is 18.1. The number of nitrogens with zero attached hydrogens (tertiary/aromatic N) is 1. The van der Waals surface area contributed by atoms with Gasteiger partial charge >= 0.3 is 0 Å². The fourth-order valence-corrected chi connectivity index (χ4v) is 2.19. The molecule has 1 N–H and O–H groups in total. The Balaban J connectivity index is 2.00. The number of hydrogen-bond donors (Lipinski definition) is 1. The van der Waals surface area contributed by atoms with Crippen LogP contribution in [0.15, 0.2) is 22.7 Å². The third kappa shape index (κ3) is 3.18. The van der Waals surface area contributed by atoms with Crippen molar-refractivity contribution in [2.75, 3.05) is 0 Å². The Morgan fingerprint density at radius 2 is 1.89 bits per heavy atom. The van der Waals surface area contributed by atoms with Crippen molar-refractivity contribution in [3.05, 3.63) is 50.6 Å². The highest BCUT2D eigenvalue weighted by molar-refractivity contribution is 6.44. The van der Waals surface area contributed by atoms with Crippen molar-refractivity contribution >= 4 is 34.8 Å². The average Bonchev–Trinajstić information content (AvgIpc) is 2.74. The van der Waals surface area contributed by atoms with Crippen LogP contribution in [0.4, 0.5) is 0 Å². The molecule has 6 heteroatoms. The number of nitrogens with one attached hydrogen (secondary N) is 1. The van der Waals surface area contributed by atoms with Crippen LogP contribution >= 0.6 is 34.8 Å². The van der Waals surface area contributed by atoms with E-state index >= 15 is 0 Å². The standard InChI is InChI=1S/C12H11Cl3N2O/c1-7-4-17-11(18-7)6-16-5-8-9(13)2-3-10(14)12(8)15/h2-4,16H,5-6H2,1H3. The lowest BCUT2D eigenvalue weighted by atomic mass is 10.2. The molecule has 0 aliphatic carbocycles. The smallest absolute Gasteiger partial charge is 0.208 e. The van der Waals surface area contributed by atoms with Gasteiger partial charge in [0.1, 0.15) is 5.76 Å². The fourth-order valence-electron chi connectivity index (χ4n) is 1.51. The third-order valence-corrected chi connectivity index (χ3v) is 3.58. The van der Waals surface area contributed by atoms with Gasteiger partial charge in [-0.05, 0) is 19.1 Å². The minimum absolute atomic E-state index is 0.472. The van der Waals surface area contributed by atoms with E-state index in [0.717, 1.165) is 11.3 Å². The summed E-state index contributed by atoms with van der Waals surface area (Å²) in [7, 11) is 0. The van der Waals surface area contributed by atoms with Crippen molar-refractivity contribution < 1.29 is 4.42 Å². The normalized spacial score (nSPS) is 10.9. The van der Waals surface area contributed by atoms with Crippen LogP contribution in [0.3, 0.4) is 0 Å². The lowest BCUT2D eigenvalue weighted by molar-refractivity contribution is 0.449. The molecule has 0 atom stereocenters. The highest BCUT2D eigenvalue weighted by atomic mass is 35.5. The molecule has 1 aromatic heterocycles. The van der Waals surface area contributed by atoms with Crippen LogP contribution in [0.2, 0.25) is 15.1 Å². The molecule has 0 fully saturated rings. The first-order valence-corrected chi connectivity index (χ1v) is 6.45. The lowest BCUT2D eigenvalue weighted by Crippen LogP contribution is -2.13. The van der Waals surface area contributed by atoms with Gasteiger partial charge in [-0.2, -0.15) is 0 Å². The van der Waals surface area contributed by atoms with Gasteiger partial charge in [-0.25, -0.2) is 4.98 Å². The maximum atomic E-state index is 6.09. The summed E-state index contributed by atoms with van der Waals surface area (Å²) in [5, 5.41) is 4.70. The second-order valence-corrected chi connectivity index (χ2v) is 4.98. The van der Waals surface area contributed by atoms with Gasteiger partial charge in [0.2, 0.25) is 5.89 Å². The van der Waals surface area contributed by atoms with Gasteiger partial charge in [-0.3, -0.25) is 0 Å². The predicted molar refractivity (Wildman–Crippen MR) is 73.3 cm³/mol. The lowest BCUT2D eigenvalue weighted by Gasteiger charge is -2.08. The van der Waals surface area contributed by atoms with Crippen molar-refractivity contribution in [2.24, 2.45) is 0 Å². The Bertz CT molecular complexity index is 554. The van der Waals surface area contributed by atoms with E-state index in [1.807, 2.05) is 6.92 Å². The van der Waals surface area contributed by atoms with E-state index in [0.29, 0.717) is 34.0 Å². The molecule has 0 bridgehead atoms. The topological polar surface area (TPSA) is 38.1 Å². The molecular weight excluding hydrogens is 295 g/mol. The second kappa shape index (κ2) is 5.93. The van der Waals surface area contributed by atoms with E-state index in [-0.39, 0.29) is 0 Å². The minimum Gasteiger partial charge on any atom is -0.445 e. The van der Waals surface area contributed by atoms with Gasteiger partial charge in [-0.1, -0.05) is 34.8 Å². The monoisotopic (exact) mass is 304 g/mol. The van der Waals surface area contributed by atoms with E-state index in [2.05, 4.69) is 10.3 Å². The van der Waals surface area contributed by atoms with Crippen LogP contribution in [0.1, 0.15) is 17.2 Å². The number of aromatic nitrogens is 1. The van der Waals surface area contributed by atoms with Crippen LogP contribution in [0.25, 0.3) is 0 Å². The van der Waals surface area contributed by atoms with Gasteiger partial charge in [0.25, 0.3) is 0 Å². The van der Waals surface area contributed by atoms with Gasteiger partial charge in [-0.15, -0.1) is 0 Å². The Hall–Kier alpha value is -0.740. The molecule has 1 heterocycles. The molecule has 0 spiro atoms. The Morgan fingerprint density at radius 3 is 2.56 bits per heavy atom. The summed E-state index contributed by atoms with van der Waals surface area (Å²) in [4.78, 5) is 4.09. The van der Waals surface area contributed by atoms with Gasteiger partial charge in [0, 0.05) is 17.1 Å². The molecule has 0 saturated heterocycles. The minimum atomic E-state index is 0.472. The first-order chi connectivity index (χ1) is 8.58. The Labute approximate surface area is 120 Å². The second-order valence-electron chi connectivity index (χ2n) is 3.79. The highest BCUT2D eigenvalue weighted by Crippen LogP contribution is 2.31. The Kier molecular flexibility index (Phi) is 4.51. The van der Waals surface area contributed by atoms with Crippen molar-refractivity contribution in [3.8, 4) is 0 Å². The molecule has 3 nitrogen and oxygen atoms in total. The molecule has 0 aliphatic rings. The summed E-state index contributed by atoms with van der Waals surface area (Å²) < 4.78 is 5.34. The number of oxazole rings is 1. The van der Waals surface area contributed by atoms with E-state index in [1.54, 1.807) is 18.3 Å². The summed E-state index contributed by atoms with van der Waals surface area (Å²) in [6.07, 6.45) is 1.68. The number of rotatable bonds is 4. The van der Waals surface area contributed by atoms with Crippen molar-refractivity contribution in [1.82, 2.24) is 10.3 Å². The van der Waals surface area contributed by atoms with Crippen LogP contribution in [-0.4, -0.2) is 4.98 Å². The first-order valence-electron chi connectivity index (χ1n) is 5.32. The number of hydrogen-bond acceptors (Lipinski definition) is 3. The van der Waals surface area contributed by atoms with E-state index in [1.165, 1.54) is 0 Å². The molecular formula is C12H11Cl3N2O. The molecule has 0 radical (unpaired) electrons. The van der Waals surface area contributed by atoms with Gasteiger partial charge < -0.3 is 9.73 Å². The maximum absolute atomic E-state index is 6.09. The summed E-state index contributed by atoms with van der Waals surface area (Å²) in [6, 6.07) is 3.40. The Morgan fingerprint density at radius 1 is 1.17 bits per heavy atom. The third-order valence-electron chi connectivity index (χ3n) is 2.39. The first kappa shape index (κ1) is 13.7. The highest BCUT2D eigenvalue weighted by Gasteiger charge is 2.09. The maximum Gasteiger partial charge on any atom is 0.208 e. The summed E-state index contributed by atoms with van der Waals surface area (Å²) in [5.41, 5.74) is 0.772. The molecule has 0 saturated carbocycles. The molecule has 0 aliphatic heterocycles. The molecule has 0 amide bonds. The largest absolute Gasteiger partial charge is 0.445 e. The fraction of sp³-hybridized carbons (Fsp3) is 0.250. The number of halogens is 3. The molecule has 0 unspecified atom stereocenters. The molecule has 2 aromatic rings. The van der Waals surface area contributed by atoms with Crippen LogP contribution in [-0.2, 0) is 13.1 Å². The number of aryl methyl sites for hydroxylation is 1. The zero-order chi connectivity index (χ0) is 13.1. The van der Waals surface area contributed by atoms with Gasteiger partial charge in [0.05, 0.1) is 22.8 Å². The predicted octanol–water partition coefficient (Wildman–Crippen LogP) is 4.23. The van der Waals surface area contributed by atoms with Crippen LogP contribution < -0.4 is 5.32 Å². The molecule has 1 aromatic carbocycles. The SMILES string of the molecule is Cc1cnc(CNCc2c(Cl)ccc(Cl)c2Cl)o1. The molecule has 96 valence electrons. The van der Waals surface area contributed by atoms with Crippen molar-refractivity contribution in [3.63, 3.8) is 0 Å². The molecule has 2 rings (SSSR count). The van der Waals surface area contributed by atoms with Crippen LogP contribution in [0, 0.1) is 6.92 Å². The van der Waals surface area contributed by atoms with E-state index in [4.69, 9.17) is 39.2 Å². The molecule has 18 heavy (non-hydrogen) atoms. The summed E-state index contributed by atoms with van der Waals surface area (Å²) in [5.74, 6) is 1.41. The average molecular weight is 306 g/mol. The zero-order valence-corrected chi connectivity index (χ0v) is 11.9. The van der Waals surface area contributed by atoms with Gasteiger partial charge in [0.15, 0.2) is 0 Å². The van der Waals surface area contributed by atoms with Crippen LogP contribution in [0.5, 0.6) is 0 Å². The van der Waals surface area contributed by atoms with E-state index in [9.17, 15) is 0 Å². The van der Waals surface area contributed by atoms with E-state index < -0.39 is 0 Å². The van der Waals surface area contributed by atoms with Crippen molar-refractivity contribution in [1.29, 1.82) is 0 Å². The number of benzene rings is 1.